The summed E-state index contributed by atoms with van der Waals surface area (Å²) in [6, 6.07) is 7.82. The first-order chi connectivity index (χ1) is 10.3. The molecule has 0 saturated heterocycles. The van der Waals surface area contributed by atoms with Crippen molar-refractivity contribution >= 4 is 17.2 Å². The van der Waals surface area contributed by atoms with Gasteiger partial charge in [0.1, 0.15) is 17.7 Å². The summed E-state index contributed by atoms with van der Waals surface area (Å²) in [5.74, 6) is 0.112. The molecule has 22 heavy (non-hydrogen) atoms. The van der Waals surface area contributed by atoms with Gasteiger partial charge in [-0.1, -0.05) is 19.1 Å². The number of amides is 1. The van der Waals surface area contributed by atoms with E-state index in [-0.39, 0.29) is 22.6 Å². The topological polar surface area (TPSA) is 67.9 Å². The van der Waals surface area contributed by atoms with Gasteiger partial charge in [-0.05, 0) is 44.2 Å². The summed E-state index contributed by atoms with van der Waals surface area (Å²) in [6.07, 6.45) is 0.857. The fourth-order valence-electron chi connectivity index (χ4n) is 3.88. The van der Waals surface area contributed by atoms with Gasteiger partial charge in [0, 0.05) is 11.1 Å². The Morgan fingerprint density at radius 2 is 1.95 bits per heavy atom. The quantitative estimate of drug-likeness (QED) is 0.543. The summed E-state index contributed by atoms with van der Waals surface area (Å²) in [6.45, 7) is 8.16. The second-order valence-electron chi connectivity index (χ2n) is 6.73. The number of nitrogens with zero attached hydrogens (tertiary/aromatic N) is 3. The summed E-state index contributed by atoms with van der Waals surface area (Å²) in [7, 11) is 0. The van der Waals surface area contributed by atoms with Crippen LogP contribution in [0.25, 0.3) is 5.57 Å². The zero-order valence-electron chi connectivity index (χ0n) is 13.2. The van der Waals surface area contributed by atoms with Gasteiger partial charge < -0.3 is 4.90 Å². The van der Waals surface area contributed by atoms with Crippen LogP contribution in [0.15, 0.2) is 17.7 Å². The van der Waals surface area contributed by atoms with Crippen molar-refractivity contribution in [1.29, 1.82) is 10.5 Å². The fraction of sp³-hybridized carbons (Fsp3) is 0.389. The lowest BCUT2D eigenvalue weighted by atomic mass is 9.80. The molecule has 2 heterocycles. The molecule has 2 aliphatic rings. The Kier molecular flexibility index (Phi) is 2.90. The molecule has 1 atom stereocenters. The van der Waals surface area contributed by atoms with Crippen molar-refractivity contribution in [1.82, 2.24) is 0 Å². The van der Waals surface area contributed by atoms with Gasteiger partial charge in [-0.15, -0.1) is 0 Å². The fourth-order valence-corrected chi connectivity index (χ4v) is 3.88. The number of hydrogen-bond acceptors (Lipinski definition) is 3. The average molecular weight is 291 g/mol. The third-order valence-electron chi connectivity index (χ3n) is 4.72. The molecule has 2 aliphatic heterocycles. The van der Waals surface area contributed by atoms with Crippen LogP contribution in [0, 0.1) is 29.6 Å². The van der Waals surface area contributed by atoms with Crippen molar-refractivity contribution in [3.8, 4) is 12.1 Å². The Morgan fingerprint density at radius 3 is 2.55 bits per heavy atom. The maximum atomic E-state index is 13.0. The molecule has 0 bridgehead atoms. The highest BCUT2D eigenvalue weighted by Gasteiger charge is 2.48. The summed E-state index contributed by atoms with van der Waals surface area (Å²) in [5.41, 5.74) is 3.55. The lowest BCUT2D eigenvalue weighted by molar-refractivity contribution is -0.114. The zero-order valence-corrected chi connectivity index (χ0v) is 13.2. The highest BCUT2D eigenvalue weighted by molar-refractivity contribution is 6.35. The van der Waals surface area contributed by atoms with E-state index in [1.165, 1.54) is 0 Å². The molecular formula is C18H17N3O. The van der Waals surface area contributed by atoms with Crippen LogP contribution in [-0.2, 0) is 4.79 Å². The molecule has 0 radical (unpaired) electrons. The van der Waals surface area contributed by atoms with E-state index in [9.17, 15) is 15.3 Å². The largest absolute Gasteiger partial charge is 0.302 e. The number of hydrogen-bond donors (Lipinski definition) is 0. The molecule has 0 spiro atoms. The Hall–Kier alpha value is -2.59. The van der Waals surface area contributed by atoms with Crippen LogP contribution in [0.4, 0.5) is 5.69 Å². The summed E-state index contributed by atoms with van der Waals surface area (Å²) in [4.78, 5) is 14.8. The summed E-state index contributed by atoms with van der Waals surface area (Å²) >= 11 is 0. The van der Waals surface area contributed by atoms with E-state index in [1.54, 1.807) is 4.90 Å². The van der Waals surface area contributed by atoms with Crippen molar-refractivity contribution in [3.63, 3.8) is 0 Å². The molecular weight excluding hydrogens is 274 g/mol. The number of carbonyl (C=O) groups is 1. The van der Waals surface area contributed by atoms with E-state index in [1.807, 2.05) is 39.0 Å². The number of benzene rings is 1. The van der Waals surface area contributed by atoms with Crippen LogP contribution in [-0.4, -0.2) is 11.4 Å². The van der Waals surface area contributed by atoms with Gasteiger partial charge in [0.05, 0.1) is 11.3 Å². The van der Waals surface area contributed by atoms with Crippen LogP contribution < -0.4 is 4.90 Å². The number of allylic oxidation sites excluding steroid dienone is 1. The third kappa shape index (κ3) is 1.64. The second-order valence-corrected chi connectivity index (χ2v) is 6.73. The van der Waals surface area contributed by atoms with Gasteiger partial charge in [-0.3, -0.25) is 4.79 Å². The Balaban J connectivity index is 2.46. The zero-order chi connectivity index (χ0) is 16.2. The van der Waals surface area contributed by atoms with Gasteiger partial charge in [0.2, 0.25) is 0 Å². The van der Waals surface area contributed by atoms with Gasteiger partial charge in [0.25, 0.3) is 5.91 Å². The molecule has 0 saturated carbocycles. The third-order valence-corrected chi connectivity index (χ3v) is 4.72. The van der Waals surface area contributed by atoms with E-state index < -0.39 is 0 Å². The van der Waals surface area contributed by atoms with Gasteiger partial charge in [-0.2, -0.15) is 10.5 Å². The Morgan fingerprint density at radius 1 is 1.32 bits per heavy atom. The SMILES string of the molecule is Cc1ccc2c3c1C(=C(C#N)C#N)C(=O)N3C(C)(C)C[C@@H]2C. The molecule has 0 aliphatic carbocycles. The minimum Gasteiger partial charge on any atom is -0.302 e. The summed E-state index contributed by atoms with van der Waals surface area (Å²) in [5, 5.41) is 18.5. The highest BCUT2D eigenvalue weighted by atomic mass is 16.2. The monoisotopic (exact) mass is 291 g/mol. The standard InChI is InChI=1S/C18H17N3O/c1-10-5-6-13-11(2)7-18(3,4)21-16(13)14(10)15(17(21)22)12(8-19)9-20/h5-6,11H,7H2,1-4H3/t11-/m0/s1. The number of carbonyl (C=O) groups excluding carboxylic acids is 1. The van der Waals surface area contributed by atoms with Crippen molar-refractivity contribution in [2.45, 2.75) is 45.6 Å². The predicted octanol–water partition coefficient (Wildman–Crippen LogP) is 3.43. The Labute approximate surface area is 130 Å². The van der Waals surface area contributed by atoms with E-state index >= 15 is 0 Å². The van der Waals surface area contributed by atoms with Crippen molar-refractivity contribution in [3.05, 3.63) is 34.4 Å². The number of anilines is 1. The molecule has 3 rings (SSSR count). The van der Waals surface area contributed by atoms with Crippen LogP contribution in [0.5, 0.6) is 0 Å². The lowest BCUT2D eigenvalue weighted by Gasteiger charge is -2.43. The maximum absolute atomic E-state index is 13.0. The average Bonchev–Trinajstić information content (AvgIpc) is 2.75. The number of rotatable bonds is 0. The van der Waals surface area contributed by atoms with Crippen molar-refractivity contribution < 1.29 is 4.79 Å². The molecule has 4 nitrogen and oxygen atoms in total. The molecule has 1 amide bonds. The molecule has 110 valence electrons. The van der Waals surface area contributed by atoms with Gasteiger partial charge in [0.15, 0.2) is 0 Å². The normalized spacial score (nSPS) is 21.2. The molecule has 0 unspecified atom stereocenters. The Bertz CT molecular complexity index is 802. The molecule has 1 aromatic rings. The molecule has 1 aromatic carbocycles. The molecule has 0 aromatic heterocycles. The first-order valence-electron chi connectivity index (χ1n) is 7.36. The van der Waals surface area contributed by atoms with E-state index in [2.05, 4.69) is 13.0 Å². The van der Waals surface area contributed by atoms with Crippen molar-refractivity contribution in [2.75, 3.05) is 4.90 Å². The first kappa shape index (κ1) is 14.4. The van der Waals surface area contributed by atoms with Gasteiger partial charge in [-0.25, -0.2) is 0 Å². The second kappa shape index (κ2) is 4.45. The summed E-state index contributed by atoms with van der Waals surface area (Å²) < 4.78 is 0. The molecule has 0 N–H and O–H groups in total. The molecule has 0 fully saturated rings. The van der Waals surface area contributed by atoms with E-state index in [0.717, 1.165) is 28.8 Å². The number of aryl methyl sites for hydroxylation is 1. The maximum Gasteiger partial charge on any atom is 0.261 e. The van der Waals surface area contributed by atoms with Crippen LogP contribution >= 0.6 is 0 Å². The number of nitriles is 2. The first-order valence-corrected chi connectivity index (χ1v) is 7.36. The van der Waals surface area contributed by atoms with Gasteiger partial charge >= 0.3 is 0 Å². The predicted molar refractivity (Wildman–Crippen MR) is 83.9 cm³/mol. The van der Waals surface area contributed by atoms with E-state index in [4.69, 9.17) is 0 Å². The van der Waals surface area contributed by atoms with Crippen LogP contribution in [0.3, 0.4) is 0 Å². The smallest absolute Gasteiger partial charge is 0.261 e. The highest BCUT2D eigenvalue weighted by Crippen LogP contribution is 2.53. The van der Waals surface area contributed by atoms with Crippen molar-refractivity contribution in [2.24, 2.45) is 0 Å². The van der Waals surface area contributed by atoms with Crippen LogP contribution in [0.1, 0.15) is 49.8 Å². The van der Waals surface area contributed by atoms with Crippen LogP contribution in [0.2, 0.25) is 0 Å². The minimum atomic E-state index is -0.330. The van der Waals surface area contributed by atoms with E-state index in [0.29, 0.717) is 5.92 Å². The minimum absolute atomic E-state index is 0.0978. The molecule has 4 heteroatoms. The lowest BCUT2D eigenvalue weighted by Crippen LogP contribution is -2.49.